The summed E-state index contributed by atoms with van der Waals surface area (Å²) >= 11 is 0. The van der Waals surface area contributed by atoms with Gasteiger partial charge in [0.05, 0.1) is 6.61 Å². The van der Waals surface area contributed by atoms with E-state index in [9.17, 15) is 5.11 Å². The van der Waals surface area contributed by atoms with Crippen molar-refractivity contribution >= 4 is 0 Å². The van der Waals surface area contributed by atoms with Crippen LogP contribution >= 0.6 is 0 Å². The minimum absolute atomic E-state index is 0.312. The molecule has 4 nitrogen and oxygen atoms in total. The summed E-state index contributed by atoms with van der Waals surface area (Å²) in [4.78, 5) is 0. The average molecular weight is 293 g/mol. The van der Waals surface area contributed by atoms with Crippen molar-refractivity contribution in [3.63, 3.8) is 0 Å². The van der Waals surface area contributed by atoms with E-state index in [0.717, 1.165) is 31.8 Å². The van der Waals surface area contributed by atoms with Crippen LogP contribution < -0.4 is 10.1 Å². The number of rotatable bonds is 8. The van der Waals surface area contributed by atoms with Crippen LogP contribution in [0.25, 0.3) is 0 Å². The van der Waals surface area contributed by atoms with Crippen LogP contribution in [0.1, 0.15) is 25.8 Å². The molecule has 0 bridgehead atoms. The van der Waals surface area contributed by atoms with E-state index < -0.39 is 6.10 Å². The van der Waals surface area contributed by atoms with Gasteiger partial charge in [0, 0.05) is 19.2 Å². The number of nitrogens with one attached hydrogen (secondary N) is 1. The number of aryl methyl sites for hydroxylation is 1. The molecule has 3 atom stereocenters. The number of benzene rings is 1. The van der Waals surface area contributed by atoms with Crippen LogP contribution in [-0.4, -0.2) is 43.6 Å². The quantitative estimate of drug-likeness (QED) is 0.770. The fourth-order valence-electron chi connectivity index (χ4n) is 2.51. The molecule has 1 fully saturated rings. The lowest BCUT2D eigenvalue weighted by molar-refractivity contribution is 0.100. The minimum Gasteiger partial charge on any atom is -0.491 e. The Morgan fingerprint density at radius 1 is 1.38 bits per heavy atom. The first-order valence-electron chi connectivity index (χ1n) is 7.90. The van der Waals surface area contributed by atoms with E-state index in [1.54, 1.807) is 0 Å². The van der Waals surface area contributed by atoms with Crippen molar-refractivity contribution in [3.8, 4) is 5.75 Å². The Hall–Kier alpha value is -1.10. The van der Waals surface area contributed by atoms with E-state index in [1.807, 2.05) is 12.1 Å². The first-order chi connectivity index (χ1) is 10.2. The fourth-order valence-corrected chi connectivity index (χ4v) is 2.51. The first kappa shape index (κ1) is 16.3. The maximum absolute atomic E-state index is 9.98. The molecule has 1 aliphatic rings. The Morgan fingerprint density at radius 2 is 2.14 bits per heavy atom. The van der Waals surface area contributed by atoms with Gasteiger partial charge in [-0.2, -0.15) is 0 Å². The predicted molar refractivity (Wildman–Crippen MR) is 83.7 cm³/mol. The van der Waals surface area contributed by atoms with Gasteiger partial charge in [0.25, 0.3) is 0 Å². The zero-order chi connectivity index (χ0) is 15.1. The van der Waals surface area contributed by atoms with Crippen LogP contribution in [0.4, 0.5) is 0 Å². The van der Waals surface area contributed by atoms with Crippen LogP contribution in [-0.2, 0) is 11.2 Å². The van der Waals surface area contributed by atoms with Gasteiger partial charge in [0.1, 0.15) is 18.5 Å². The molecule has 1 aromatic rings. The van der Waals surface area contributed by atoms with Gasteiger partial charge >= 0.3 is 0 Å². The highest BCUT2D eigenvalue weighted by atomic mass is 16.5. The van der Waals surface area contributed by atoms with Crippen molar-refractivity contribution in [1.82, 2.24) is 5.32 Å². The molecule has 0 aromatic heterocycles. The molecule has 1 aliphatic heterocycles. The van der Waals surface area contributed by atoms with Crippen LogP contribution in [0, 0.1) is 5.92 Å². The molecule has 118 valence electrons. The number of aliphatic hydroxyl groups excluding tert-OH is 1. The molecule has 0 spiro atoms. The monoisotopic (exact) mass is 293 g/mol. The third-order valence-corrected chi connectivity index (χ3v) is 4.12. The minimum atomic E-state index is -0.499. The van der Waals surface area contributed by atoms with Gasteiger partial charge in [-0.15, -0.1) is 0 Å². The van der Waals surface area contributed by atoms with E-state index in [2.05, 4.69) is 31.3 Å². The molecule has 0 saturated carbocycles. The Bertz CT molecular complexity index is 401. The van der Waals surface area contributed by atoms with Crippen molar-refractivity contribution in [2.24, 2.45) is 5.92 Å². The van der Waals surface area contributed by atoms with Crippen LogP contribution in [0.2, 0.25) is 0 Å². The van der Waals surface area contributed by atoms with E-state index >= 15 is 0 Å². The topological polar surface area (TPSA) is 50.7 Å². The van der Waals surface area contributed by atoms with Crippen molar-refractivity contribution in [2.75, 3.05) is 26.4 Å². The molecule has 1 saturated heterocycles. The van der Waals surface area contributed by atoms with Crippen LogP contribution in [0.5, 0.6) is 5.75 Å². The second-order valence-electron chi connectivity index (χ2n) is 5.78. The molecule has 1 aromatic carbocycles. The van der Waals surface area contributed by atoms with Gasteiger partial charge < -0.3 is 19.9 Å². The van der Waals surface area contributed by atoms with Gasteiger partial charge in [-0.05, 0) is 43.4 Å². The van der Waals surface area contributed by atoms with E-state index in [0.29, 0.717) is 25.1 Å². The molecule has 0 amide bonds. The number of hydrogen-bond acceptors (Lipinski definition) is 4. The highest BCUT2D eigenvalue weighted by Crippen LogP contribution is 2.16. The first-order valence-corrected chi connectivity index (χ1v) is 7.90. The molecule has 21 heavy (non-hydrogen) atoms. The van der Waals surface area contributed by atoms with E-state index in [4.69, 9.17) is 9.47 Å². The zero-order valence-electron chi connectivity index (χ0n) is 13.0. The standard InChI is InChI=1S/C17H27NO3/c1-3-14-4-6-17(7-5-14)21-12-16(19)10-18-13(2)15-8-9-20-11-15/h4-7,13,15-16,18-19H,3,8-12H2,1-2H3. The molecule has 2 rings (SSSR count). The molecular weight excluding hydrogens is 266 g/mol. The average Bonchev–Trinajstić information content (AvgIpc) is 3.05. The van der Waals surface area contributed by atoms with Crippen LogP contribution in [0.3, 0.4) is 0 Å². The second kappa shape index (κ2) is 8.37. The van der Waals surface area contributed by atoms with Gasteiger partial charge in [-0.1, -0.05) is 19.1 Å². The summed E-state index contributed by atoms with van der Waals surface area (Å²) in [5.41, 5.74) is 1.29. The highest BCUT2D eigenvalue weighted by Gasteiger charge is 2.22. The summed E-state index contributed by atoms with van der Waals surface area (Å²) < 4.78 is 11.0. The Morgan fingerprint density at radius 3 is 2.76 bits per heavy atom. The normalized spacial score (nSPS) is 21.2. The highest BCUT2D eigenvalue weighted by molar-refractivity contribution is 5.27. The number of ether oxygens (including phenoxy) is 2. The Kier molecular flexibility index (Phi) is 6.49. The molecule has 3 unspecified atom stereocenters. The third-order valence-electron chi connectivity index (χ3n) is 4.12. The van der Waals surface area contributed by atoms with Gasteiger partial charge in [-0.3, -0.25) is 0 Å². The van der Waals surface area contributed by atoms with Crippen molar-refractivity contribution in [3.05, 3.63) is 29.8 Å². The summed E-state index contributed by atoms with van der Waals surface area (Å²) in [6, 6.07) is 8.39. The maximum Gasteiger partial charge on any atom is 0.119 e. The van der Waals surface area contributed by atoms with Gasteiger partial charge in [0.15, 0.2) is 0 Å². The fraction of sp³-hybridized carbons (Fsp3) is 0.647. The summed E-state index contributed by atoms with van der Waals surface area (Å²) in [7, 11) is 0. The van der Waals surface area contributed by atoms with Crippen LogP contribution in [0.15, 0.2) is 24.3 Å². The Labute approximate surface area is 127 Å². The second-order valence-corrected chi connectivity index (χ2v) is 5.78. The maximum atomic E-state index is 9.98. The SMILES string of the molecule is CCc1ccc(OCC(O)CNC(C)C2CCOC2)cc1. The van der Waals surface area contributed by atoms with Crippen molar-refractivity contribution < 1.29 is 14.6 Å². The van der Waals surface area contributed by atoms with Crippen molar-refractivity contribution in [1.29, 1.82) is 0 Å². The Balaban J connectivity index is 1.65. The molecule has 4 heteroatoms. The molecule has 0 aliphatic carbocycles. The smallest absolute Gasteiger partial charge is 0.119 e. The van der Waals surface area contributed by atoms with Gasteiger partial charge in [0.2, 0.25) is 0 Å². The van der Waals surface area contributed by atoms with E-state index in [-0.39, 0.29) is 0 Å². The summed E-state index contributed by atoms with van der Waals surface area (Å²) in [6.45, 7) is 6.82. The summed E-state index contributed by atoms with van der Waals surface area (Å²) in [6.07, 6.45) is 1.63. The summed E-state index contributed by atoms with van der Waals surface area (Å²) in [5.74, 6) is 1.36. The molecule has 2 N–H and O–H groups in total. The largest absolute Gasteiger partial charge is 0.491 e. The zero-order valence-corrected chi connectivity index (χ0v) is 13.0. The van der Waals surface area contributed by atoms with Gasteiger partial charge in [-0.25, -0.2) is 0 Å². The van der Waals surface area contributed by atoms with E-state index in [1.165, 1.54) is 5.56 Å². The predicted octanol–water partition coefficient (Wildman–Crippen LogP) is 2.00. The lowest BCUT2D eigenvalue weighted by Crippen LogP contribution is -2.40. The number of hydrogen-bond donors (Lipinski definition) is 2. The summed E-state index contributed by atoms with van der Waals surface area (Å²) in [5, 5.41) is 13.4. The van der Waals surface area contributed by atoms with Crippen molar-refractivity contribution in [2.45, 2.75) is 38.8 Å². The molecular formula is C17H27NO3. The third kappa shape index (κ3) is 5.30. The number of aliphatic hydroxyl groups is 1. The molecule has 1 heterocycles. The molecule has 0 radical (unpaired) electrons. The lowest BCUT2D eigenvalue weighted by atomic mass is 10.0. The lowest BCUT2D eigenvalue weighted by Gasteiger charge is -2.21.